The van der Waals surface area contributed by atoms with Crippen LogP contribution in [-0.2, 0) is 14.3 Å². The van der Waals surface area contributed by atoms with Crippen molar-refractivity contribution in [3.63, 3.8) is 0 Å². The van der Waals surface area contributed by atoms with Crippen LogP contribution in [0.15, 0.2) is 0 Å². The molecule has 0 aromatic rings. The van der Waals surface area contributed by atoms with Crippen molar-refractivity contribution >= 4 is 12.3 Å². The highest BCUT2D eigenvalue weighted by Gasteiger charge is 2.03. The fraction of sp³-hybridized carbons (Fsp3) is 0.800. The molecule has 0 fully saturated rings. The molecule has 1 atom stereocenters. The van der Waals surface area contributed by atoms with Crippen molar-refractivity contribution in [2.45, 2.75) is 52.1 Å². The molecule has 0 aromatic heterocycles. The Labute approximate surface area is 79.5 Å². The Hall–Kier alpha value is -0.860. The van der Waals surface area contributed by atoms with Gasteiger partial charge in [0, 0.05) is 13.3 Å². The lowest BCUT2D eigenvalue weighted by atomic mass is 10.1. The second kappa shape index (κ2) is 7.77. The first kappa shape index (κ1) is 12.1. The van der Waals surface area contributed by atoms with E-state index in [-0.39, 0.29) is 12.1 Å². The average Bonchev–Trinajstić information content (AvgIpc) is 2.02. The van der Waals surface area contributed by atoms with Gasteiger partial charge in [0.25, 0.3) is 0 Å². The summed E-state index contributed by atoms with van der Waals surface area (Å²) in [7, 11) is 0. The first-order chi connectivity index (χ1) is 6.16. The highest BCUT2D eigenvalue weighted by molar-refractivity contribution is 5.66. The van der Waals surface area contributed by atoms with E-state index in [1.165, 1.54) is 6.92 Å². The summed E-state index contributed by atoms with van der Waals surface area (Å²) in [6.45, 7) is 3.31. The summed E-state index contributed by atoms with van der Waals surface area (Å²) in [6.07, 6.45) is 5.47. The van der Waals surface area contributed by atoms with Gasteiger partial charge in [-0.2, -0.15) is 0 Å². The molecule has 0 radical (unpaired) electrons. The summed E-state index contributed by atoms with van der Waals surface area (Å²) < 4.78 is 4.95. The molecule has 0 rings (SSSR count). The molecule has 3 nitrogen and oxygen atoms in total. The smallest absolute Gasteiger partial charge is 0.302 e. The normalized spacial score (nSPS) is 12.2. The van der Waals surface area contributed by atoms with Gasteiger partial charge in [-0.1, -0.05) is 6.42 Å². The molecule has 0 saturated heterocycles. The van der Waals surface area contributed by atoms with E-state index < -0.39 is 0 Å². The van der Waals surface area contributed by atoms with E-state index in [4.69, 9.17) is 4.74 Å². The van der Waals surface area contributed by atoms with E-state index in [0.717, 1.165) is 32.0 Å². The Balaban J connectivity index is 3.21. The second-order valence-electron chi connectivity index (χ2n) is 3.22. The molecule has 0 heterocycles. The lowest BCUT2D eigenvalue weighted by Gasteiger charge is -2.10. The van der Waals surface area contributed by atoms with Gasteiger partial charge in [-0.15, -0.1) is 0 Å². The summed E-state index contributed by atoms with van der Waals surface area (Å²) >= 11 is 0. The van der Waals surface area contributed by atoms with Crippen LogP contribution in [0.5, 0.6) is 0 Å². The van der Waals surface area contributed by atoms with Crippen LogP contribution in [0.4, 0.5) is 0 Å². The molecular weight excluding hydrogens is 168 g/mol. The largest absolute Gasteiger partial charge is 0.463 e. The molecule has 0 amide bonds. The predicted octanol–water partition coefficient (Wildman–Crippen LogP) is 2.09. The van der Waals surface area contributed by atoms with Crippen molar-refractivity contribution < 1.29 is 14.3 Å². The Kier molecular flexibility index (Phi) is 7.26. The van der Waals surface area contributed by atoms with Gasteiger partial charge in [0.2, 0.25) is 0 Å². The van der Waals surface area contributed by atoms with Crippen molar-refractivity contribution in [1.82, 2.24) is 0 Å². The first-order valence-corrected chi connectivity index (χ1v) is 4.77. The zero-order valence-electron chi connectivity index (χ0n) is 8.41. The maximum absolute atomic E-state index is 10.5. The standard InChI is InChI=1S/C10H18O3/c1-9(13-10(2)12)7-5-3-4-6-8-11/h8-9H,3-7H2,1-2H3. The van der Waals surface area contributed by atoms with Gasteiger partial charge in [0.05, 0.1) is 6.10 Å². The van der Waals surface area contributed by atoms with Gasteiger partial charge in [0.1, 0.15) is 6.29 Å². The molecule has 0 aliphatic rings. The van der Waals surface area contributed by atoms with Crippen LogP contribution >= 0.6 is 0 Å². The Morgan fingerprint density at radius 3 is 2.62 bits per heavy atom. The maximum atomic E-state index is 10.5. The number of carbonyl (C=O) groups is 2. The van der Waals surface area contributed by atoms with E-state index in [9.17, 15) is 9.59 Å². The third-order valence-corrected chi connectivity index (χ3v) is 1.80. The second-order valence-corrected chi connectivity index (χ2v) is 3.22. The summed E-state index contributed by atoms with van der Waals surface area (Å²) in [6, 6.07) is 0. The molecule has 0 saturated carbocycles. The Bertz CT molecular complexity index is 154. The minimum Gasteiger partial charge on any atom is -0.463 e. The zero-order valence-corrected chi connectivity index (χ0v) is 8.41. The molecule has 0 spiro atoms. The van der Waals surface area contributed by atoms with Crippen molar-refractivity contribution in [3.05, 3.63) is 0 Å². The van der Waals surface area contributed by atoms with Gasteiger partial charge >= 0.3 is 5.97 Å². The van der Waals surface area contributed by atoms with Crippen molar-refractivity contribution in [2.75, 3.05) is 0 Å². The van der Waals surface area contributed by atoms with Gasteiger partial charge < -0.3 is 9.53 Å². The number of rotatable bonds is 7. The lowest BCUT2D eigenvalue weighted by Crippen LogP contribution is -2.11. The Morgan fingerprint density at radius 1 is 1.38 bits per heavy atom. The molecule has 0 aliphatic heterocycles. The predicted molar refractivity (Wildman–Crippen MR) is 50.4 cm³/mol. The quantitative estimate of drug-likeness (QED) is 0.347. The topological polar surface area (TPSA) is 43.4 Å². The SMILES string of the molecule is CC(=O)OC(C)CCCCCC=O. The number of unbranched alkanes of at least 4 members (excludes halogenated alkanes) is 3. The minimum absolute atomic E-state index is 0.00808. The third-order valence-electron chi connectivity index (χ3n) is 1.80. The molecule has 0 aromatic carbocycles. The molecule has 13 heavy (non-hydrogen) atoms. The highest BCUT2D eigenvalue weighted by Crippen LogP contribution is 2.07. The van der Waals surface area contributed by atoms with Crippen LogP contribution in [0.1, 0.15) is 46.0 Å². The fourth-order valence-corrected chi connectivity index (χ4v) is 1.18. The number of hydrogen-bond acceptors (Lipinski definition) is 3. The minimum atomic E-state index is -0.222. The highest BCUT2D eigenvalue weighted by atomic mass is 16.5. The zero-order chi connectivity index (χ0) is 10.1. The molecule has 1 unspecified atom stereocenters. The number of hydrogen-bond donors (Lipinski definition) is 0. The molecule has 0 N–H and O–H groups in total. The van der Waals surface area contributed by atoms with Gasteiger partial charge in [-0.3, -0.25) is 4.79 Å². The molecule has 76 valence electrons. The maximum Gasteiger partial charge on any atom is 0.302 e. The monoisotopic (exact) mass is 186 g/mol. The van der Waals surface area contributed by atoms with Gasteiger partial charge in [-0.25, -0.2) is 0 Å². The summed E-state index contributed by atoms with van der Waals surface area (Å²) in [5.74, 6) is -0.222. The van der Waals surface area contributed by atoms with E-state index in [0.29, 0.717) is 6.42 Å². The fourth-order valence-electron chi connectivity index (χ4n) is 1.18. The first-order valence-electron chi connectivity index (χ1n) is 4.77. The molecule has 0 aliphatic carbocycles. The molecular formula is C10H18O3. The molecule has 3 heteroatoms. The average molecular weight is 186 g/mol. The summed E-state index contributed by atoms with van der Waals surface area (Å²) in [5.41, 5.74) is 0. The summed E-state index contributed by atoms with van der Waals surface area (Å²) in [5, 5.41) is 0. The van der Waals surface area contributed by atoms with Crippen LogP contribution in [-0.4, -0.2) is 18.4 Å². The molecule has 0 bridgehead atoms. The number of aldehydes is 1. The van der Waals surface area contributed by atoms with E-state index in [2.05, 4.69) is 0 Å². The van der Waals surface area contributed by atoms with Crippen LogP contribution < -0.4 is 0 Å². The van der Waals surface area contributed by atoms with Crippen molar-refractivity contribution in [1.29, 1.82) is 0 Å². The van der Waals surface area contributed by atoms with E-state index in [1.807, 2.05) is 6.92 Å². The number of esters is 1. The van der Waals surface area contributed by atoms with Gasteiger partial charge in [-0.05, 0) is 26.2 Å². The van der Waals surface area contributed by atoms with Crippen LogP contribution in [0.2, 0.25) is 0 Å². The Morgan fingerprint density at radius 2 is 2.08 bits per heavy atom. The van der Waals surface area contributed by atoms with E-state index >= 15 is 0 Å². The van der Waals surface area contributed by atoms with Gasteiger partial charge in [0.15, 0.2) is 0 Å². The third kappa shape index (κ3) is 9.05. The summed E-state index contributed by atoms with van der Waals surface area (Å²) in [4.78, 5) is 20.5. The van der Waals surface area contributed by atoms with Crippen molar-refractivity contribution in [2.24, 2.45) is 0 Å². The number of ether oxygens (including phenoxy) is 1. The number of carbonyl (C=O) groups excluding carboxylic acids is 2. The van der Waals surface area contributed by atoms with Crippen molar-refractivity contribution in [3.8, 4) is 0 Å². The van der Waals surface area contributed by atoms with Crippen LogP contribution in [0, 0.1) is 0 Å². The van der Waals surface area contributed by atoms with Crippen LogP contribution in [0.25, 0.3) is 0 Å². The van der Waals surface area contributed by atoms with E-state index in [1.54, 1.807) is 0 Å². The lowest BCUT2D eigenvalue weighted by molar-refractivity contribution is -0.145. The van der Waals surface area contributed by atoms with Crippen LogP contribution in [0.3, 0.4) is 0 Å².